The molecule has 0 spiro atoms. The average molecular weight is 287 g/mol. The lowest BCUT2D eigenvalue weighted by Crippen LogP contribution is -2.30. The van der Waals surface area contributed by atoms with Gasteiger partial charge in [0.05, 0.1) is 6.42 Å². The van der Waals surface area contributed by atoms with Crippen LogP contribution in [0, 0.1) is 6.92 Å². The van der Waals surface area contributed by atoms with Crippen LogP contribution in [-0.2, 0) is 11.2 Å². The summed E-state index contributed by atoms with van der Waals surface area (Å²) < 4.78 is 0. The van der Waals surface area contributed by atoms with Crippen LogP contribution in [0.3, 0.4) is 0 Å². The molecule has 0 unspecified atom stereocenters. The highest BCUT2D eigenvalue weighted by atomic mass is 35.5. The lowest BCUT2D eigenvalue weighted by atomic mass is 10.1. The van der Waals surface area contributed by atoms with Crippen LogP contribution in [0.5, 0.6) is 0 Å². The summed E-state index contributed by atoms with van der Waals surface area (Å²) in [6.45, 7) is 4.71. The first kappa shape index (κ1) is 15.2. The van der Waals surface area contributed by atoms with Gasteiger partial charge in [-0.2, -0.15) is 0 Å². The smallest absolute Gasteiger partial charge is 0.225 e. The van der Waals surface area contributed by atoms with Gasteiger partial charge >= 0.3 is 0 Å². The minimum atomic E-state index is 0. The number of rotatable bonds is 4. The molecule has 1 amide bonds. The molecular weight excluding hydrogens is 268 g/mol. The molecule has 100 valence electrons. The second-order valence-corrected chi connectivity index (χ2v) is 5.65. The maximum atomic E-state index is 11.7. The van der Waals surface area contributed by atoms with Crippen molar-refractivity contribution < 1.29 is 4.79 Å². The Hall–Kier alpha value is -0.840. The van der Waals surface area contributed by atoms with Gasteiger partial charge in [0.25, 0.3) is 0 Å². The van der Waals surface area contributed by atoms with Crippen molar-refractivity contribution in [1.82, 2.24) is 10.6 Å². The highest BCUT2D eigenvalue weighted by molar-refractivity contribution is 7.12. The highest BCUT2D eigenvalue weighted by Gasteiger charge is 2.07. The van der Waals surface area contributed by atoms with E-state index in [1.807, 2.05) is 6.07 Å². The topological polar surface area (TPSA) is 41.1 Å². The molecular formula is C13H19ClN2OS. The largest absolute Gasteiger partial charge is 0.352 e. The molecule has 0 aliphatic carbocycles. The molecule has 0 saturated carbocycles. The molecule has 0 atom stereocenters. The standard InChI is InChI=1S/C13H18N2OS.ClH/c1-10-2-3-12(17-10)8-13(16)15-9-11-4-6-14-7-5-11;/h2-4,14H,5-9H2,1H3,(H,15,16);1H. The lowest BCUT2D eigenvalue weighted by Gasteiger charge is -2.14. The van der Waals surface area contributed by atoms with Gasteiger partial charge in [0.1, 0.15) is 0 Å². The van der Waals surface area contributed by atoms with Gasteiger partial charge in [-0.25, -0.2) is 0 Å². The van der Waals surface area contributed by atoms with E-state index in [4.69, 9.17) is 0 Å². The number of thiophene rings is 1. The molecule has 1 aliphatic rings. The van der Waals surface area contributed by atoms with Crippen LogP contribution in [0.25, 0.3) is 0 Å². The molecule has 0 aromatic carbocycles. The van der Waals surface area contributed by atoms with Crippen LogP contribution in [0.1, 0.15) is 16.2 Å². The Balaban J connectivity index is 0.00000162. The third-order valence-electron chi connectivity index (χ3n) is 2.80. The minimum absolute atomic E-state index is 0. The fraction of sp³-hybridized carbons (Fsp3) is 0.462. The highest BCUT2D eigenvalue weighted by Crippen LogP contribution is 2.15. The Morgan fingerprint density at radius 2 is 2.33 bits per heavy atom. The third-order valence-corrected chi connectivity index (χ3v) is 3.80. The molecule has 3 nitrogen and oxygen atoms in total. The van der Waals surface area contributed by atoms with Gasteiger partial charge in [-0.05, 0) is 32.0 Å². The van der Waals surface area contributed by atoms with Crippen LogP contribution < -0.4 is 10.6 Å². The molecule has 2 N–H and O–H groups in total. The number of amides is 1. The first-order chi connectivity index (χ1) is 8.24. The summed E-state index contributed by atoms with van der Waals surface area (Å²) in [6, 6.07) is 4.09. The van der Waals surface area contributed by atoms with Crippen molar-refractivity contribution in [3.8, 4) is 0 Å². The van der Waals surface area contributed by atoms with Crippen molar-refractivity contribution in [3.05, 3.63) is 33.5 Å². The van der Waals surface area contributed by atoms with E-state index in [2.05, 4.69) is 29.7 Å². The zero-order valence-corrected chi connectivity index (χ0v) is 12.1. The first-order valence-electron chi connectivity index (χ1n) is 5.94. The number of hydrogen-bond acceptors (Lipinski definition) is 3. The number of hydrogen-bond donors (Lipinski definition) is 2. The first-order valence-corrected chi connectivity index (χ1v) is 6.76. The molecule has 0 fully saturated rings. The molecule has 5 heteroatoms. The lowest BCUT2D eigenvalue weighted by molar-refractivity contribution is -0.120. The second-order valence-electron chi connectivity index (χ2n) is 4.28. The fourth-order valence-corrected chi connectivity index (χ4v) is 2.73. The quantitative estimate of drug-likeness (QED) is 0.832. The second kappa shape index (κ2) is 7.56. The Morgan fingerprint density at radius 1 is 1.50 bits per heavy atom. The van der Waals surface area contributed by atoms with E-state index in [-0.39, 0.29) is 18.3 Å². The van der Waals surface area contributed by atoms with Gasteiger partial charge in [-0.15, -0.1) is 23.7 Å². The molecule has 1 aliphatic heterocycles. The van der Waals surface area contributed by atoms with E-state index in [0.717, 1.165) is 24.4 Å². The van der Waals surface area contributed by atoms with Gasteiger partial charge in [-0.3, -0.25) is 4.79 Å². The molecule has 1 aromatic rings. The van der Waals surface area contributed by atoms with Crippen LogP contribution in [0.4, 0.5) is 0 Å². The molecule has 0 radical (unpaired) electrons. The third kappa shape index (κ3) is 4.80. The minimum Gasteiger partial charge on any atom is -0.352 e. The van der Waals surface area contributed by atoms with Gasteiger partial charge in [-0.1, -0.05) is 11.6 Å². The predicted molar refractivity (Wildman–Crippen MR) is 78.6 cm³/mol. The summed E-state index contributed by atoms with van der Waals surface area (Å²) >= 11 is 1.69. The van der Waals surface area contributed by atoms with Gasteiger partial charge < -0.3 is 10.6 Å². The van der Waals surface area contributed by atoms with Crippen molar-refractivity contribution in [1.29, 1.82) is 0 Å². The van der Waals surface area contributed by atoms with Crippen LogP contribution in [0.2, 0.25) is 0 Å². The molecule has 2 heterocycles. The number of nitrogens with one attached hydrogen (secondary N) is 2. The van der Waals surface area contributed by atoms with E-state index in [0.29, 0.717) is 13.0 Å². The van der Waals surface area contributed by atoms with E-state index >= 15 is 0 Å². The summed E-state index contributed by atoms with van der Waals surface area (Å²) in [5.74, 6) is 0.117. The normalized spacial score (nSPS) is 14.6. The molecule has 2 rings (SSSR count). The van der Waals surface area contributed by atoms with Crippen molar-refractivity contribution in [2.45, 2.75) is 19.8 Å². The summed E-state index contributed by atoms with van der Waals surface area (Å²) in [6.07, 6.45) is 3.71. The van der Waals surface area contributed by atoms with E-state index < -0.39 is 0 Å². The summed E-state index contributed by atoms with van der Waals surface area (Å²) in [7, 11) is 0. The van der Waals surface area contributed by atoms with Crippen LogP contribution in [0.15, 0.2) is 23.8 Å². The predicted octanol–water partition coefficient (Wildman–Crippen LogP) is 2.06. The Morgan fingerprint density at radius 3 is 2.94 bits per heavy atom. The Kier molecular flexibility index (Phi) is 6.39. The number of carbonyl (C=O) groups is 1. The van der Waals surface area contributed by atoms with E-state index in [1.165, 1.54) is 10.5 Å². The number of halogens is 1. The van der Waals surface area contributed by atoms with Crippen molar-refractivity contribution >= 4 is 29.7 Å². The van der Waals surface area contributed by atoms with E-state index in [1.54, 1.807) is 11.3 Å². The SMILES string of the molecule is Cc1ccc(CC(=O)NCC2=CCNCC2)s1.Cl. The zero-order chi connectivity index (χ0) is 12.1. The monoisotopic (exact) mass is 286 g/mol. The molecule has 1 aromatic heterocycles. The van der Waals surface area contributed by atoms with E-state index in [9.17, 15) is 4.79 Å². The number of carbonyl (C=O) groups excluding carboxylic acids is 1. The van der Waals surface area contributed by atoms with Crippen LogP contribution >= 0.6 is 23.7 Å². The fourth-order valence-electron chi connectivity index (χ4n) is 1.84. The summed E-state index contributed by atoms with van der Waals surface area (Å²) in [5.41, 5.74) is 1.33. The van der Waals surface area contributed by atoms with Crippen molar-refractivity contribution in [2.75, 3.05) is 19.6 Å². The molecule has 18 heavy (non-hydrogen) atoms. The van der Waals surface area contributed by atoms with Gasteiger partial charge in [0, 0.05) is 22.8 Å². The molecule has 0 bridgehead atoms. The van der Waals surface area contributed by atoms with Crippen LogP contribution in [-0.4, -0.2) is 25.5 Å². The van der Waals surface area contributed by atoms with Crippen molar-refractivity contribution in [3.63, 3.8) is 0 Å². The van der Waals surface area contributed by atoms with Gasteiger partial charge in [0.2, 0.25) is 5.91 Å². The van der Waals surface area contributed by atoms with Gasteiger partial charge in [0.15, 0.2) is 0 Å². The summed E-state index contributed by atoms with van der Waals surface area (Å²) in [5, 5.41) is 6.24. The Labute approximate surface area is 118 Å². The molecule has 0 saturated heterocycles. The Bertz CT molecular complexity index is 428. The average Bonchev–Trinajstić information content (AvgIpc) is 2.73. The number of aryl methyl sites for hydroxylation is 1. The van der Waals surface area contributed by atoms with Crippen molar-refractivity contribution in [2.24, 2.45) is 0 Å². The zero-order valence-electron chi connectivity index (χ0n) is 10.5. The maximum absolute atomic E-state index is 11.7. The summed E-state index contributed by atoms with van der Waals surface area (Å²) in [4.78, 5) is 14.1. The maximum Gasteiger partial charge on any atom is 0.225 e.